The van der Waals surface area contributed by atoms with Crippen LogP contribution in [0.2, 0.25) is 0 Å². The van der Waals surface area contributed by atoms with Crippen LogP contribution in [-0.2, 0) is 19.9 Å². The second kappa shape index (κ2) is 4.89. The summed E-state index contributed by atoms with van der Waals surface area (Å²) in [6.45, 7) is 0.324. The minimum Gasteiger partial charge on any atom is -0.329 e. The highest BCUT2D eigenvalue weighted by atomic mass is 32.2. The van der Waals surface area contributed by atoms with E-state index in [1.165, 1.54) is 0 Å². The van der Waals surface area contributed by atoms with E-state index in [-0.39, 0.29) is 18.8 Å². The Morgan fingerprint density at radius 3 is 2.08 bits per heavy atom. The molecule has 0 rings (SSSR count). The van der Waals surface area contributed by atoms with Crippen LogP contribution < -0.4 is 10.5 Å². The van der Waals surface area contributed by atoms with Gasteiger partial charge < -0.3 is 5.73 Å². The largest absolute Gasteiger partial charge is 0.329 e. The minimum atomic E-state index is -3.49. The van der Waals surface area contributed by atoms with E-state index in [0.717, 1.165) is 6.26 Å². The molecule has 0 saturated carbocycles. The van der Waals surface area contributed by atoms with E-state index >= 15 is 0 Å². The van der Waals surface area contributed by atoms with Gasteiger partial charge in [0, 0.05) is 19.3 Å². The molecule has 0 saturated heterocycles. The molecule has 0 heterocycles. The SMILES string of the molecule is CS(=O)(=O)CCS(=O)(=O)NCCN. The highest BCUT2D eigenvalue weighted by Gasteiger charge is 2.12. The molecule has 0 aromatic carbocycles. The van der Waals surface area contributed by atoms with Gasteiger partial charge in [-0.2, -0.15) is 0 Å². The Morgan fingerprint density at radius 1 is 1.15 bits per heavy atom. The van der Waals surface area contributed by atoms with Crippen LogP contribution >= 0.6 is 0 Å². The van der Waals surface area contributed by atoms with Gasteiger partial charge in [0.2, 0.25) is 10.0 Å². The summed E-state index contributed by atoms with van der Waals surface area (Å²) in [4.78, 5) is 0. The molecule has 0 radical (unpaired) electrons. The Hall–Kier alpha value is -0.180. The summed E-state index contributed by atoms with van der Waals surface area (Å²) in [7, 11) is -6.72. The molecule has 6 nitrogen and oxygen atoms in total. The van der Waals surface area contributed by atoms with Crippen LogP contribution in [-0.4, -0.2) is 47.7 Å². The fraction of sp³-hybridized carbons (Fsp3) is 1.00. The van der Waals surface area contributed by atoms with E-state index in [4.69, 9.17) is 5.73 Å². The fourth-order valence-corrected chi connectivity index (χ4v) is 3.21. The quantitative estimate of drug-likeness (QED) is 0.544. The molecule has 0 aliphatic heterocycles. The van der Waals surface area contributed by atoms with Gasteiger partial charge >= 0.3 is 0 Å². The van der Waals surface area contributed by atoms with Crippen LogP contribution in [0.5, 0.6) is 0 Å². The summed E-state index contributed by atoms with van der Waals surface area (Å²) in [6.07, 6.45) is 0.992. The Kier molecular flexibility index (Phi) is 4.82. The molecular formula is C5H14N2O4S2. The first-order valence-electron chi connectivity index (χ1n) is 3.62. The summed E-state index contributed by atoms with van der Waals surface area (Å²) in [5.41, 5.74) is 5.07. The number of hydrogen-bond donors (Lipinski definition) is 2. The second-order valence-electron chi connectivity index (χ2n) is 2.63. The molecule has 0 aliphatic carbocycles. The van der Waals surface area contributed by atoms with Crippen LogP contribution in [0.25, 0.3) is 0 Å². The lowest BCUT2D eigenvalue weighted by molar-refractivity contribution is 0.579. The van der Waals surface area contributed by atoms with Crippen molar-refractivity contribution in [3.05, 3.63) is 0 Å². The van der Waals surface area contributed by atoms with E-state index in [2.05, 4.69) is 4.72 Å². The Bertz CT molecular complexity index is 332. The lowest BCUT2D eigenvalue weighted by Crippen LogP contribution is -2.33. The smallest absolute Gasteiger partial charge is 0.212 e. The van der Waals surface area contributed by atoms with Crippen molar-refractivity contribution in [3.8, 4) is 0 Å². The van der Waals surface area contributed by atoms with Gasteiger partial charge in [-0.15, -0.1) is 0 Å². The van der Waals surface area contributed by atoms with Gasteiger partial charge in [0.25, 0.3) is 0 Å². The third-order valence-electron chi connectivity index (χ3n) is 1.19. The molecule has 0 unspecified atom stereocenters. The first-order chi connectivity index (χ1) is 5.77. The summed E-state index contributed by atoms with van der Waals surface area (Å²) in [6, 6.07) is 0. The van der Waals surface area contributed by atoms with Gasteiger partial charge in [0.05, 0.1) is 11.5 Å². The zero-order valence-electron chi connectivity index (χ0n) is 7.36. The number of hydrogen-bond acceptors (Lipinski definition) is 5. The zero-order chi connectivity index (χ0) is 10.5. The van der Waals surface area contributed by atoms with E-state index in [9.17, 15) is 16.8 Å². The van der Waals surface area contributed by atoms with Crippen molar-refractivity contribution >= 4 is 19.9 Å². The third-order valence-corrected chi connectivity index (χ3v) is 3.78. The molecule has 0 aliphatic rings. The van der Waals surface area contributed by atoms with Crippen molar-refractivity contribution in [1.29, 1.82) is 0 Å². The van der Waals surface area contributed by atoms with Gasteiger partial charge in [-0.1, -0.05) is 0 Å². The van der Waals surface area contributed by atoms with Crippen LogP contribution in [0.15, 0.2) is 0 Å². The van der Waals surface area contributed by atoms with Crippen molar-refractivity contribution < 1.29 is 16.8 Å². The lowest BCUT2D eigenvalue weighted by Gasteiger charge is -2.03. The zero-order valence-corrected chi connectivity index (χ0v) is 8.99. The molecule has 0 bridgehead atoms. The molecule has 0 fully saturated rings. The van der Waals surface area contributed by atoms with Crippen molar-refractivity contribution in [2.45, 2.75) is 0 Å². The summed E-state index contributed by atoms with van der Waals surface area (Å²) in [5.74, 6) is -0.779. The summed E-state index contributed by atoms with van der Waals surface area (Å²) in [5, 5.41) is 0. The standard InChI is InChI=1S/C5H14N2O4S2/c1-12(8,9)4-5-13(10,11)7-3-2-6/h7H,2-6H2,1H3. The average Bonchev–Trinajstić information content (AvgIpc) is 1.97. The molecular weight excluding hydrogens is 216 g/mol. The van der Waals surface area contributed by atoms with Crippen LogP contribution in [0, 0.1) is 0 Å². The van der Waals surface area contributed by atoms with E-state index in [1.807, 2.05) is 0 Å². The maximum Gasteiger partial charge on any atom is 0.212 e. The highest BCUT2D eigenvalue weighted by molar-refractivity contribution is 7.93. The summed E-state index contributed by atoms with van der Waals surface area (Å²) < 4.78 is 45.4. The monoisotopic (exact) mass is 230 g/mol. The first-order valence-corrected chi connectivity index (χ1v) is 7.33. The van der Waals surface area contributed by atoms with E-state index in [0.29, 0.717) is 0 Å². The van der Waals surface area contributed by atoms with Gasteiger partial charge in [0.1, 0.15) is 9.84 Å². The molecule has 8 heteroatoms. The highest BCUT2D eigenvalue weighted by Crippen LogP contribution is 1.88. The lowest BCUT2D eigenvalue weighted by atomic mass is 10.7. The molecule has 0 spiro atoms. The Balaban J connectivity index is 4.05. The molecule has 0 aromatic heterocycles. The molecule has 80 valence electrons. The topological polar surface area (TPSA) is 106 Å². The number of sulfone groups is 1. The first kappa shape index (κ1) is 12.8. The minimum absolute atomic E-state index is 0.131. The molecule has 0 aromatic rings. The predicted octanol–water partition coefficient (Wildman–Crippen LogP) is -2.09. The molecule has 13 heavy (non-hydrogen) atoms. The Labute approximate surface area is 78.5 Å². The number of nitrogens with one attached hydrogen (secondary N) is 1. The van der Waals surface area contributed by atoms with Crippen molar-refractivity contribution in [3.63, 3.8) is 0 Å². The van der Waals surface area contributed by atoms with Crippen LogP contribution in [0.1, 0.15) is 0 Å². The van der Waals surface area contributed by atoms with E-state index in [1.54, 1.807) is 0 Å². The molecule has 3 N–H and O–H groups in total. The number of rotatable bonds is 6. The maximum atomic E-state index is 11.0. The van der Waals surface area contributed by atoms with Gasteiger partial charge in [-0.25, -0.2) is 21.6 Å². The van der Waals surface area contributed by atoms with Crippen LogP contribution in [0.4, 0.5) is 0 Å². The maximum absolute atomic E-state index is 11.0. The predicted molar refractivity (Wildman–Crippen MR) is 50.6 cm³/mol. The van der Waals surface area contributed by atoms with Crippen molar-refractivity contribution in [2.75, 3.05) is 30.9 Å². The average molecular weight is 230 g/mol. The van der Waals surface area contributed by atoms with Crippen molar-refractivity contribution in [1.82, 2.24) is 4.72 Å². The second-order valence-corrected chi connectivity index (χ2v) is 6.82. The van der Waals surface area contributed by atoms with Gasteiger partial charge in [-0.05, 0) is 0 Å². The third kappa shape index (κ3) is 8.16. The van der Waals surface area contributed by atoms with Gasteiger partial charge in [0.15, 0.2) is 0 Å². The fourth-order valence-electron chi connectivity index (χ4n) is 0.548. The molecule has 0 amide bonds. The van der Waals surface area contributed by atoms with E-state index < -0.39 is 25.6 Å². The summed E-state index contributed by atoms with van der Waals surface area (Å²) >= 11 is 0. The van der Waals surface area contributed by atoms with Crippen LogP contribution in [0.3, 0.4) is 0 Å². The van der Waals surface area contributed by atoms with Gasteiger partial charge in [-0.3, -0.25) is 0 Å². The normalized spacial score (nSPS) is 13.1. The Morgan fingerprint density at radius 2 is 1.69 bits per heavy atom. The number of sulfonamides is 1. The molecule has 0 atom stereocenters. The van der Waals surface area contributed by atoms with Crippen molar-refractivity contribution in [2.24, 2.45) is 5.73 Å². The number of nitrogens with two attached hydrogens (primary N) is 1.